The Labute approximate surface area is 80.0 Å². The van der Waals surface area contributed by atoms with Gasteiger partial charge >= 0.3 is 0 Å². The third-order valence-corrected chi connectivity index (χ3v) is 4.36. The molecule has 0 aromatic carbocycles. The molecule has 0 radical (unpaired) electrons. The van der Waals surface area contributed by atoms with Crippen molar-refractivity contribution in [2.45, 2.75) is 12.5 Å². The first kappa shape index (κ1) is 8.71. The number of nitrogens with zero attached hydrogens (tertiary/aromatic N) is 2. The van der Waals surface area contributed by atoms with E-state index >= 15 is 0 Å². The highest BCUT2D eigenvalue weighted by Gasteiger charge is 2.25. The lowest BCUT2D eigenvalue weighted by Crippen LogP contribution is -2.13. The third kappa shape index (κ3) is 1.59. The minimum absolute atomic E-state index is 0.0651. The Bertz CT molecular complexity index is 335. The predicted octanol–water partition coefficient (Wildman–Crippen LogP) is 2.85. The number of aryl methyl sites for hydroxylation is 1. The average Bonchev–Trinajstić information content (AvgIpc) is 2.52. The summed E-state index contributed by atoms with van der Waals surface area (Å²) in [6.07, 6.45) is 3.07. The van der Waals surface area contributed by atoms with Crippen LogP contribution in [0.4, 0.5) is 0 Å². The highest BCUT2D eigenvalue weighted by atomic mass is 31.1. The maximum absolute atomic E-state index is 4.27. The molecule has 1 aliphatic heterocycles. The molecule has 2 heterocycles. The van der Waals surface area contributed by atoms with Crippen LogP contribution in [0.25, 0.3) is 0 Å². The van der Waals surface area contributed by atoms with E-state index < -0.39 is 0 Å². The predicted molar refractivity (Wildman–Crippen MR) is 58.2 cm³/mol. The topological polar surface area (TPSA) is 15.6 Å². The van der Waals surface area contributed by atoms with E-state index in [1.807, 2.05) is 6.21 Å². The molecule has 13 heavy (non-hydrogen) atoms. The van der Waals surface area contributed by atoms with Gasteiger partial charge in [0.1, 0.15) is 31.3 Å². The van der Waals surface area contributed by atoms with Gasteiger partial charge in [0.15, 0.2) is 0 Å². The fourth-order valence-corrected chi connectivity index (χ4v) is 3.30. The van der Waals surface area contributed by atoms with Gasteiger partial charge in [-0.1, -0.05) is 6.07 Å². The molecule has 2 rings (SSSR count). The van der Waals surface area contributed by atoms with Gasteiger partial charge < -0.3 is 0 Å². The molecule has 0 spiro atoms. The van der Waals surface area contributed by atoms with Crippen molar-refractivity contribution < 1.29 is 0 Å². The van der Waals surface area contributed by atoms with Gasteiger partial charge in [-0.3, -0.25) is 5.01 Å². The van der Waals surface area contributed by atoms with Gasteiger partial charge in [0, 0.05) is 19.7 Å². The Morgan fingerprint density at radius 1 is 1.54 bits per heavy atom. The first-order chi connectivity index (χ1) is 6.29. The molecular formula is C10H14N2P+. The normalized spacial score (nSPS) is 22.5. The Balaban J connectivity index is 2.31. The summed E-state index contributed by atoms with van der Waals surface area (Å²) in [6, 6.07) is 7.04. The third-order valence-electron chi connectivity index (χ3n) is 2.48. The monoisotopic (exact) mass is 193 g/mol. The summed E-state index contributed by atoms with van der Waals surface area (Å²) in [5.41, 5.74) is 0. The lowest BCUT2D eigenvalue weighted by atomic mass is 10.2. The number of hydrazone groups is 1. The van der Waals surface area contributed by atoms with Crippen LogP contribution in [0.1, 0.15) is 17.8 Å². The Hall–Kier alpha value is -0.880. The van der Waals surface area contributed by atoms with E-state index in [-0.39, 0.29) is 7.53 Å². The summed E-state index contributed by atoms with van der Waals surface area (Å²) >= 11 is 0. The van der Waals surface area contributed by atoms with E-state index in [9.17, 15) is 0 Å². The summed E-state index contributed by atoms with van der Waals surface area (Å²) in [6.45, 7) is 2.30. The number of hydrogen-bond donors (Lipinski definition) is 0. The van der Waals surface area contributed by atoms with Gasteiger partial charge in [-0.25, -0.2) is 0 Å². The molecule has 0 fully saturated rings. The molecule has 0 amide bonds. The van der Waals surface area contributed by atoms with Gasteiger partial charge in [-0.05, 0) is 12.1 Å². The van der Waals surface area contributed by atoms with Crippen molar-refractivity contribution in [3.05, 3.63) is 29.3 Å². The molecule has 1 aromatic rings. The zero-order chi connectivity index (χ0) is 9.26. The largest absolute Gasteiger partial charge is 0.289 e. The summed E-state index contributed by atoms with van der Waals surface area (Å²) in [5, 5.41) is 7.87. The van der Waals surface area contributed by atoms with Crippen LogP contribution in [0.2, 0.25) is 0 Å². The van der Waals surface area contributed by atoms with Crippen LogP contribution in [-0.4, -0.2) is 18.3 Å². The second-order valence-corrected chi connectivity index (χ2v) is 5.40. The van der Waals surface area contributed by atoms with Gasteiger partial charge in [0.05, 0.1) is 0 Å². The van der Waals surface area contributed by atoms with Crippen LogP contribution in [0.15, 0.2) is 29.1 Å². The van der Waals surface area contributed by atoms with Crippen LogP contribution in [0.3, 0.4) is 0 Å². The van der Waals surface area contributed by atoms with E-state index in [2.05, 4.69) is 47.8 Å². The van der Waals surface area contributed by atoms with E-state index in [0.717, 1.165) is 6.42 Å². The molecule has 0 aliphatic carbocycles. The van der Waals surface area contributed by atoms with Crippen LogP contribution < -0.4 is 0 Å². The molecular weight excluding hydrogens is 179 g/mol. The maximum atomic E-state index is 4.27. The zero-order valence-electron chi connectivity index (χ0n) is 8.01. The van der Waals surface area contributed by atoms with Gasteiger partial charge in [-0.2, -0.15) is 5.10 Å². The smallest absolute Gasteiger partial charge is 0.149 e. The Kier molecular flexibility index (Phi) is 2.32. The minimum atomic E-state index is -0.0651. The first-order valence-corrected chi connectivity index (χ1v) is 6.34. The molecule has 0 bridgehead atoms. The van der Waals surface area contributed by atoms with Gasteiger partial charge in [-0.15, -0.1) is 0 Å². The number of rotatable bonds is 1. The highest BCUT2D eigenvalue weighted by molar-refractivity contribution is 7.47. The summed E-state index contributed by atoms with van der Waals surface area (Å²) in [7, 11) is 1.99. The summed E-state index contributed by atoms with van der Waals surface area (Å²) < 4.78 is 0. The minimum Gasteiger partial charge on any atom is -0.289 e. The fourth-order valence-electron chi connectivity index (χ4n) is 1.70. The molecule has 68 valence electrons. The molecule has 2 atom stereocenters. The summed E-state index contributed by atoms with van der Waals surface area (Å²) in [5.74, 6) is 2.30. The molecule has 1 aliphatic rings. The van der Waals surface area contributed by atoms with Crippen LogP contribution >= 0.6 is 7.53 Å². The maximum Gasteiger partial charge on any atom is 0.149 e. The van der Waals surface area contributed by atoms with Gasteiger partial charge in [0.25, 0.3) is 0 Å². The number of hydrogen-bond acceptors (Lipinski definition) is 2. The SMILES string of the molecule is CN1N=CCC1c1cccc[p+]1C. The van der Waals surface area contributed by atoms with Crippen molar-refractivity contribution >= 4 is 13.7 Å². The van der Waals surface area contributed by atoms with Crippen LogP contribution in [-0.2, 0) is 6.66 Å². The Morgan fingerprint density at radius 3 is 3.00 bits per heavy atom. The molecule has 0 saturated carbocycles. The lowest BCUT2D eigenvalue weighted by Gasteiger charge is -2.15. The first-order valence-electron chi connectivity index (χ1n) is 4.49. The molecule has 0 N–H and O–H groups in total. The fraction of sp³-hybridized carbons (Fsp3) is 0.400. The molecule has 0 saturated heterocycles. The lowest BCUT2D eigenvalue weighted by molar-refractivity contribution is 0.293. The molecule has 2 unspecified atom stereocenters. The molecule has 3 heteroatoms. The highest BCUT2D eigenvalue weighted by Crippen LogP contribution is 2.38. The van der Waals surface area contributed by atoms with Crippen molar-refractivity contribution in [3.63, 3.8) is 0 Å². The second-order valence-electron chi connectivity index (χ2n) is 3.36. The Morgan fingerprint density at radius 2 is 2.38 bits per heavy atom. The van der Waals surface area contributed by atoms with Gasteiger partial charge in [0.2, 0.25) is 0 Å². The second kappa shape index (κ2) is 3.47. The molecule has 2 nitrogen and oxygen atoms in total. The van der Waals surface area contributed by atoms with Crippen molar-refractivity contribution in [3.8, 4) is 0 Å². The van der Waals surface area contributed by atoms with E-state index in [1.165, 1.54) is 5.30 Å². The van der Waals surface area contributed by atoms with Crippen LogP contribution in [0, 0.1) is 0 Å². The van der Waals surface area contributed by atoms with Crippen molar-refractivity contribution in [2.24, 2.45) is 11.8 Å². The van der Waals surface area contributed by atoms with Crippen LogP contribution in [0.5, 0.6) is 0 Å². The van der Waals surface area contributed by atoms with Crippen molar-refractivity contribution in [1.82, 2.24) is 5.01 Å². The molecule has 1 aromatic heterocycles. The van der Waals surface area contributed by atoms with E-state index in [1.54, 1.807) is 0 Å². The summed E-state index contributed by atoms with van der Waals surface area (Å²) in [4.78, 5) is 0. The standard InChI is InChI=1S/C10H14N2P/c1-12-9(6-7-11-12)10-5-3-4-8-13(10)2/h3-5,7-9H,6H2,1-2H3/q+1. The van der Waals surface area contributed by atoms with E-state index in [4.69, 9.17) is 0 Å². The van der Waals surface area contributed by atoms with Crippen molar-refractivity contribution in [2.75, 3.05) is 7.05 Å². The average molecular weight is 193 g/mol. The quantitative estimate of drug-likeness (QED) is 0.669. The van der Waals surface area contributed by atoms with E-state index in [0.29, 0.717) is 6.04 Å². The van der Waals surface area contributed by atoms with Crippen molar-refractivity contribution in [1.29, 1.82) is 0 Å². The zero-order valence-corrected chi connectivity index (χ0v) is 8.91.